The molecule has 1 aromatic carbocycles. The number of anilines is 1. The largest absolute Gasteiger partial charge is 0.398 e. The fourth-order valence-corrected chi connectivity index (χ4v) is 4.07. The molecular formula is C24H26F2N8. The Morgan fingerprint density at radius 2 is 2.06 bits per heavy atom. The summed E-state index contributed by atoms with van der Waals surface area (Å²) in [6.45, 7) is 0.913. The second-order valence-corrected chi connectivity index (χ2v) is 7.90. The average molecular weight is 465 g/mol. The van der Waals surface area contributed by atoms with E-state index in [9.17, 15) is 9.65 Å². The Morgan fingerprint density at radius 3 is 2.62 bits per heavy atom. The van der Waals surface area contributed by atoms with Crippen LogP contribution in [0.1, 0.15) is 24.0 Å². The van der Waals surface area contributed by atoms with Crippen molar-refractivity contribution in [2.45, 2.75) is 12.8 Å². The zero-order valence-corrected chi connectivity index (χ0v) is 19.0. The molecule has 3 rings (SSSR count). The summed E-state index contributed by atoms with van der Waals surface area (Å²) >= 11 is 0. The van der Waals surface area contributed by atoms with Crippen molar-refractivity contribution in [3.63, 3.8) is 0 Å². The average Bonchev–Trinajstić information content (AvgIpc) is 2.86. The van der Waals surface area contributed by atoms with E-state index in [1.165, 1.54) is 35.5 Å². The van der Waals surface area contributed by atoms with Gasteiger partial charge >= 0.3 is 0 Å². The smallest absolute Gasteiger partial charge is 0.212 e. The van der Waals surface area contributed by atoms with Gasteiger partial charge in [0.05, 0.1) is 17.6 Å². The van der Waals surface area contributed by atoms with Gasteiger partial charge in [0.15, 0.2) is 0 Å². The summed E-state index contributed by atoms with van der Waals surface area (Å²) in [5.41, 5.74) is 7.64. The van der Waals surface area contributed by atoms with Crippen LogP contribution in [-0.4, -0.2) is 55.5 Å². The summed E-state index contributed by atoms with van der Waals surface area (Å²) in [4.78, 5) is 10.9. The van der Waals surface area contributed by atoms with E-state index in [0.717, 1.165) is 12.4 Å². The fourth-order valence-electron chi connectivity index (χ4n) is 4.07. The SMILES string of the molecule is CN=CC=C(N)c1cc(F)c(-c2ccc(F)nc2)c(N2CCC(C(=N)N(C)C=N)CC2)c1C#N. The molecule has 1 fully saturated rings. The van der Waals surface area contributed by atoms with E-state index in [1.54, 1.807) is 14.1 Å². The Hall–Kier alpha value is -4.13. The molecule has 4 N–H and O–H groups in total. The normalized spacial score (nSPS) is 14.8. The highest BCUT2D eigenvalue weighted by Gasteiger charge is 2.30. The van der Waals surface area contributed by atoms with Gasteiger partial charge in [0, 0.05) is 67.9 Å². The number of nitrogens with zero attached hydrogens (tertiary/aromatic N) is 5. The molecule has 8 nitrogen and oxygen atoms in total. The number of hydrogen-bond donors (Lipinski definition) is 3. The first-order chi connectivity index (χ1) is 16.3. The summed E-state index contributed by atoms with van der Waals surface area (Å²) in [6.07, 6.45) is 6.46. The van der Waals surface area contributed by atoms with Gasteiger partial charge in [0.25, 0.3) is 0 Å². The number of piperidine rings is 1. The van der Waals surface area contributed by atoms with E-state index in [0.29, 0.717) is 43.0 Å². The third-order valence-corrected chi connectivity index (χ3v) is 5.87. The van der Waals surface area contributed by atoms with Gasteiger partial charge in [-0.1, -0.05) is 0 Å². The number of aliphatic imine (C=N–C) groups is 1. The summed E-state index contributed by atoms with van der Waals surface area (Å²) in [5.74, 6) is -1.03. The van der Waals surface area contributed by atoms with E-state index >= 15 is 4.39 Å². The van der Waals surface area contributed by atoms with E-state index in [-0.39, 0.29) is 28.3 Å². The Balaban J connectivity index is 2.14. The number of nitrogens with two attached hydrogens (primary N) is 1. The Labute approximate surface area is 197 Å². The van der Waals surface area contributed by atoms with Gasteiger partial charge < -0.3 is 15.5 Å². The second-order valence-electron chi connectivity index (χ2n) is 7.90. The van der Waals surface area contributed by atoms with Crippen LogP contribution < -0.4 is 10.6 Å². The highest BCUT2D eigenvalue weighted by Crippen LogP contribution is 2.41. The maximum Gasteiger partial charge on any atom is 0.212 e. The minimum absolute atomic E-state index is 0.0666. The number of rotatable bonds is 6. The molecule has 10 heteroatoms. The first-order valence-electron chi connectivity index (χ1n) is 10.7. The van der Waals surface area contributed by atoms with Gasteiger partial charge in [0.1, 0.15) is 17.7 Å². The summed E-state index contributed by atoms with van der Waals surface area (Å²) in [7, 11) is 3.23. The van der Waals surface area contributed by atoms with E-state index < -0.39 is 11.8 Å². The molecule has 1 saturated heterocycles. The number of aromatic nitrogens is 1. The predicted octanol–water partition coefficient (Wildman–Crippen LogP) is 3.63. The fraction of sp³-hybridized carbons (Fsp3) is 0.292. The quantitative estimate of drug-likeness (QED) is 0.342. The van der Waals surface area contributed by atoms with Gasteiger partial charge in [-0.15, -0.1) is 0 Å². The number of nitrogens with one attached hydrogen (secondary N) is 2. The molecule has 0 radical (unpaired) electrons. The molecule has 176 valence electrons. The lowest BCUT2D eigenvalue weighted by Gasteiger charge is -2.37. The van der Waals surface area contributed by atoms with Crippen LogP contribution in [0.25, 0.3) is 16.8 Å². The standard InChI is InChI=1S/C24H26F2N8/c1-31-8-5-20(29)17-11-19(25)22(16-3-4-21(26)32-13-16)23(18(17)12-27)34-9-6-15(7-10-34)24(30)33(2)14-28/h3-5,8,11,13-15,28,30H,6-7,9-10,29H2,1-2H3. The molecule has 0 spiro atoms. The van der Waals surface area contributed by atoms with Crippen LogP contribution in [0.2, 0.25) is 0 Å². The number of hydrogen-bond acceptors (Lipinski definition) is 7. The van der Waals surface area contributed by atoms with E-state index in [2.05, 4.69) is 16.0 Å². The van der Waals surface area contributed by atoms with E-state index in [4.69, 9.17) is 16.6 Å². The second kappa shape index (κ2) is 10.7. The number of pyridine rings is 1. The zero-order chi connectivity index (χ0) is 24.8. The number of halogens is 2. The molecule has 0 aliphatic carbocycles. The Bertz CT molecular complexity index is 1170. The molecule has 0 amide bonds. The van der Waals surface area contributed by atoms with Gasteiger partial charge in [0.2, 0.25) is 5.95 Å². The van der Waals surface area contributed by atoms with Crippen molar-refractivity contribution in [1.82, 2.24) is 9.88 Å². The van der Waals surface area contributed by atoms with Gasteiger partial charge in [-0.3, -0.25) is 15.8 Å². The number of amidine groups is 1. The van der Waals surface area contributed by atoms with Crippen LogP contribution >= 0.6 is 0 Å². The van der Waals surface area contributed by atoms with Crippen molar-refractivity contribution in [2.75, 3.05) is 32.1 Å². The minimum atomic E-state index is -0.691. The third-order valence-electron chi connectivity index (χ3n) is 5.87. The maximum atomic E-state index is 15.6. The van der Waals surface area contributed by atoms with Crippen molar-refractivity contribution in [3.05, 3.63) is 53.4 Å². The van der Waals surface area contributed by atoms with Crippen molar-refractivity contribution in [1.29, 1.82) is 16.1 Å². The van der Waals surface area contributed by atoms with Crippen LogP contribution in [0.5, 0.6) is 0 Å². The lowest BCUT2D eigenvalue weighted by atomic mass is 9.90. The third kappa shape index (κ3) is 4.93. The van der Waals surface area contributed by atoms with Crippen LogP contribution in [0.15, 0.2) is 35.5 Å². The highest BCUT2D eigenvalue weighted by molar-refractivity contribution is 5.92. The summed E-state index contributed by atoms with van der Waals surface area (Å²) in [6, 6.07) is 5.96. The number of allylic oxidation sites excluding steroid dienone is 1. The van der Waals surface area contributed by atoms with Crippen LogP contribution in [0, 0.1) is 39.8 Å². The predicted molar refractivity (Wildman–Crippen MR) is 130 cm³/mol. The Morgan fingerprint density at radius 1 is 1.35 bits per heavy atom. The summed E-state index contributed by atoms with van der Waals surface area (Å²) in [5, 5.41) is 25.8. The molecule has 0 unspecified atom stereocenters. The summed E-state index contributed by atoms with van der Waals surface area (Å²) < 4.78 is 29.0. The van der Waals surface area contributed by atoms with Crippen LogP contribution in [0.4, 0.5) is 14.5 Å². The minimum Gasteiger partial charge on any atom is -0.398 e. The van der Waals surface area contributed by atoms with Gasteiger partial charge in [-0.2, -0.15) is 9.65 Å². The highest BCUT2D eigenvalue weighted by atomic mass is 19.1. The topological polar surface area (TPSA) is 129 Å². The molecule has 1 aromatic heterocycles. The van der Waals surface area contributed by atoms with Gasteiger partial charge in [-0.05, 0) is 37.1 Å². The first-order valence-corrected chi connectivity index (χ1v) is 10.7. The van der Waals surface area contributed by atoms with Crippen molar-refractivity contribution in [3.8, 4) is 17.2 Å². The lowest BCUT2D eigenvalue weighted by molar-refractivity contribution is 0.472. The van der Waals surface area contributed by atoms with E-state index in [1.807, 2.05) is 4.90 Å². The molecule has 0 atom stereocenters. The molecule has 2 heterocycles. The Kier molecular flexibility index (Phi) is 7.68. The molecular weight excluding hydrogens is 438 g/mol. The lowest BCUT2D eigenvalue weighted by Crippen LogP contribution is -2.41. The molecule has 34 heavy (non-hydrogen) atoms. The number of nitriles is 1. The molecule has 1 aliphatic rings. The maximum absolute atomic E-state index is 15.6. The van der Waals surface area contributed by atoms with Crippen molar-refractivity contribution < 1.29 is 8.78 Å². The van der Waals surface area contributed by atoms with Crippen molar-refractivity contribution in [2.24, 2.45) is 16.6 Å². The van der Waals surface area contributed by atoms with Crippen LogP contribution in [0.3, 0.4) is 0 Å². The van der Waals surface area contributed by atoms with Crippen molar-refractivity contribution >= 4 is 29.8 Å². The monoisotopic (exact) mass is 464 g/mol. The number of benzene rings is 1. The zero-order valence-electron chi connectivity index (χ0n) is 19.0. The molecule has 0 saturated carbocycles. The first kappa shape index (κ1) is 24.5. The van der Waals surface area contributed by atoms with Crippen LogP contribution in [-0.2, 0) is 0 Å². The molecule has 2 aromatic rings. The molecule has 0 bridgehead atoms. The van der Waals surface area contributed by atoms with Gasteiger partial charge in [-0.25, -0.2) is 9.37 Å². The molecule has 1 aliphatic heterocycles.